The van der Waals surface area contributed by atoms with Crippen LogP contribution in [0.3, 0.4) is 0 Å². The van der Waals surface area contributed by atoms with E-state index < -0.39 is 5.97 Å². The summed E-state index contributed by atoms with van der Waals surface area (Å²) in [5.41, 5.74) is 0.836. The van der Waals surface area contributed by atoms with Crippen molar-refractivity contribution in [2.75, 3.05) is 7.11 Å². The van der Waals surface area contributed by atoms with Crippen LogP contribution in [0, 0.1) is 0 Å². The van der Waals surface area contributed by atoms with Crippen molar-refractivity contribution in [3.05, 3.63) is 39.3 Å². The van der Waals surface area contributed by atoms with Gasteiger partial charge in [-0.2, -0.15) is 0 Å². The van der Waals surface area contributed by atoms with Crippen molar-refractivity contribution in [2.24, 2.45) is 0 Å². The monoisotopic (exact) mass is 274 g/mol. The maximum Gasteiger partial charge on any atom is 0.330 e. The molecule has 0 radical (unpaired) electrons. The minimum atomic E-state index is -0.392. The Morgan fingerprint density at radius 1 is 1.57 bits per heavy atom. The summed E-state index contributed by atoms with van der Waals surface area (Å²) < 4.78 is 5.23. The quantitative estimate of drug-likeness (QED) is 0.611. The number of carbonyl (C=O) groups excluding carboxylic acids is 1. The summed E-state index contributed by atoms with van der Waals surface area (Å²) in [5, 5.41) is 0.608. The summed E-state index contributed by atoms with van der Waals surface area (Å²) in [4.78, 5) is 10.8. The van der Waals surface area contributed by atoms with Crippen LogP contribution in [0.15, 0.2) is 28.7 Å². The van der Waals surface area contributed by atoms with Gasteiger partial charge in [-0.1, -0.05) is 23.7 Å². The molecule has 4 heteroatoms. The van der Waals surface area contributed by atoms with Crippen LogP contribution in [0.1, 0.15) is 5.56 Å². The smallest absolute Gasteiger partial charge is 0.330 e. The minimum absolute atomic E-state index is 0.392. The molecule has 0 spiro atoms. The third-order valence-corrected chi connectivity index (χ3v) is 3.01. The molecule has 0 amide bonds. The van der Waals surface area contributed by atoms with Crippen molar-refractivity contribution in [1.29, 1.82) is 0 Å². The van der Waals surface area contributed by atoms with E-state index in [2.05, 4.69) is 20.7 Å². The molecule has 0 saturated heterocycles. The average molecular weight is 276 g/mol. The molecule has 0 aliphatic heterocycles. The Bertz CT molecular complexity index is 374. The van der Waals surface area contributed by atoms with E-state index in [1.165, 1.54) is 13.2 Å². The number of ether oxygens (including phenoxy) is 1. The molecule has 0 saturated carbocycles. The number of hydrogen-bond donors (Lipinski definition) is 0. The van der Waals surface area contributed by atoms with E-state index in [-0.39, 0.29) is 0 Å². The number of carbonyl (C=O) groups is 1. The van der Waals surface area contributed by atoms with Gasteiger partial charge in [0.25, 0.3) is 0 Å². The van der Waals surface area contributed by atoms with E-state index in [0.29, 0.717) is 5.02 Å². The maximum absolute atomic E-state index is 10.8. The summed E-state index contributed by atoms with van der Waals surface area (Å²) in [5.74, 6) is -0.392. The van der Waals surface area contributed by atoms with Gasteiger partial charge in [-0.25, -0.2) is 4.79 Å². The van der Waals surface area contributed by atoms with Crippen molar-refractivity contribution < 1.29 is 9.53 Å². The first kappa shape index (κ1) is 11.3. The molecular weight excluding hydrogens is 267 g/mol. The van der Waals surface area contributed by atoms with Crippen molar-refractivity contribution in [1.82, 2.24) is 0 Å². The zero-order valence-electron chi connectivity index (χ0n) is 7.46. The number of hydrogen-bond acceptors (Lipinski definition) is 2. The average Bonchev–Trinajstić information content (AvgIpc) is 2.20. The highest BCUT2D eigenvalue weighted by molar-refractivity contribution is 9.10. The topological polar surface area (TPSA) is 26.3 Å². The van der Waals surface area contributed by atoms with Crippen molar-refractivity contribution in [2.45, 2.75) is 0 Å². The molecule has 14 heavy (non-hydrogen) atoms. The lowest BCUT2D eigenvalue weighted by Gasteiger charge is -1.99. The van der Waals surface area contributed by atoms with Crippen LogP contribution < -0.4 is 0 Å². The van der Waals surface area contributed by atoms with Crippen LogP contribution in [-0.4, -0.2) is 13.1 Å². The summed E-state index contributed by atoms with van der Waals surface area (Å²) in [6, 6.07) is 5.42. The Morgan fingerprint density at radius 3 is 2.93 bits per heavy atom. The van der Waals surface area contributed by atoms with Crippen LogP contribution in [0.5, 0.6) is 0 Å². The first-order chi connectivity index (χ1) is 6.65. The summed E-state index contributed by atoms with van der Waals surface area (Å²) in [6.45, 7) is 0. The number of esters is 1. The zero-order valence-corrected chi connectivity index (χ0v) is 9.80. The fourth-order valence-electron chi connectivity index (χ4n) is 0.875. The fraction of sp³-hybridized carbons (Fsp3) is 0.100. The highest BCUT2D eigenvalue weighted by Gasteiger charge is 2.00. The Balaban J connectivity index is 2.92. The number of rotatable bonds is 2. The van der Waals surface area contributed by atoms with Gasteiger partial charge in [0.05, 0.1) is 12.1 Å². The Kier molecular flexibility index (Phi) is 4.17. The summed E-state index contributed by atoms with van der Waals surface area (Å²) in [7, 11) is 1.33. The Labute approximate surface area is 95.6 Å². The molecule has 0 heterocycles. The normalized spacial score (nSPS) is 10.5. The second kappa shape index (κ2) is 5.17. The first-order valence-electron chi connectivity index (χ1n) is 3.85. The molecule has 0 aliphatic rings. The molecule has 0 fully saturated rings. The standard InChI is InChI=1S/C10H8BrClO2/c1-14-9(13)6-5-7-3-2-4-8(12)10(7)11/h2-6H,1H3. The number of benzene rings is 1. The summed E-state index contributed by atoms with van der Waals surface area (Å²) >= 11 is 9.18. The minimum Gasteiger partial charge on any atom is -0.466 e. The zero-order chi connectivity index (χ0) is 10.6. The lowest BCUT2D eigenvalue weighted by molar-refractivity contribution is -0.134. The largest absolute Gasteiger partial charge is 0.466 e. The lowest BCUT2D eigenvalue weighted by Crippen LogP contribution is -1.93. The van der Waals surface area contributed by atoms with E-state index in [4.69, 9.17) is 11.6 Å². The molecule has 0 bridgehead atoms. The molecule has 74 valence electrons. The molecule has 1 aromatic carbocycles. The predicted molar refractivity (Wildman–Crippen MR) is 60.2 cm³/mol. The van der Waals surface area contributed by atoms with Gasteiger partial charge in [0.15, 0.2) is 0 Å². The second-order valence-corrected chi connectivity index (χ2v) is 3.70. The molecule has 0 N–H and O–H groups in total. The number of halogens is 2. The Morgan fingerprint density at radius 2 is 2.29 bits per heavy atom. The van der Waals surface area contributed by atoms with Gasteiger partial charge in [0, 0.05) is 10.5 Å². The van der Waals surface area contributed by atoms with E-state index in [9.17, 15) is 4.79 Å². The molecular formula is C10H8BrClO2. The van der Waals surface area contributed by atoms with Gasteiger partial charge < -0.3 is 4.74 Å². The lowest BCUT2D eigenvalue weighted by atomic mass is 10.2. The van der Waals surface area contributed by atoms with Gasteiger partial charge in [-0.15, -0.1) is 0 Å². The summed E-state index contributed by atoms with van der Waals surface area (Å²) in [6.07, 6.45) is 2.98. The third-order valence-electron chi connectivity index (χ3n) is 1.58. The van der Waals surface area contributed by atoms with Crippen molar-refractivity contribution in [3.63, 3.8) is 0 Å². The van der Waals surface area contributed by atoms with E-state index >= 15 is 0 Å². The molecule has 2 nitrogen and oxygen atoms in total. The molecule has 0 atom stereocenters. The van der Waals surface area contributed by atoms with Crippen LogP contribution in [0.4, 0.5) is 0 Å². The third kappa shape index (κ3) is 2.86. The first-order valence-corrected chi connectivity index (χ1v) is 5.02. The van der Waals surface area contributed by atoms with Gasteiger partial charge in [0.1, 0.15) is 0 Å². The van der Waals surface area contributed by atoms with Gasteiger partial charge in [-0.3, -0.25) is 0 Å². The molecule has 1 rings (SSSR count). The van der Waals surface area contributed by atoms with Crippen LogP contribution in [-0.2, 0) is 9.53 Å². The predicted octanol–water partition coefficient (Wildman–Crippen LogP) is 3.29. The van der Waals surface area contributed by atoms with Crippen molar-refractivity contribution >= 4 is 39.6 Å². The molecule has 1 aromatic rings. The van der Waals surface area contributed by atoms with E-state index in [0.717, 1.165) is 10.0 Å². The van der Waals surface area contributed by atoms with Crippen molar-refractivity contribution in [3.8, 4) is 0 Å². The van der Waals surface area contributed by atoms with Gasteiger partial charge >= 0.3 is 5.97 Å². The van der Waals surface area contributed by atoms with E-state index in [1.54, 1.807) is 12.1 Å². The fourth-order valence-corrected chi connectivity index (χ4v) is 1.45. The van der Waals surface area contributed by atoms with Crippen LogP contribution in [0.2, 0.25) is 5.02 Å². The molecule has 0 aromatic heterocycles. The van der Waals surface area contributed by atoms with Crippen LogP contribution >= 0.6 is 27.5 Å². The highest BCUT2D eigenvalue weighted by atomic mass is 79.9. The Hall–Kier alpha value is -0.800. The van der Waals surface area contributed by atoms with Gasteiger partial charge in [-0.05, 0) is 33.6 Å². The molecule has 0 unspecified atom stereocenters. The van der Waals surface area contributed by atoms with E-state index in [1.807, 2.05) is 12.1 Å². The molecule has 0 aliphatic carbocycles. The maximum atomic E-state index is 10.8. The van der Waals surface area contributed by atoms with Crippen LogP contribution in [0.25, 0.3) is 6.08 Å². The number of methoxy groups -OCH3 is 1. The van der Waals surface area contributed by atoms with Gasteiger partial charge in [0.2, 0.25) is 0 Å². The SMILES string of the molecule is COC(=O)C=Cc1cccc(Cl)c1Br. The highest BCUT2D eigenvalue weighted by Crippen LogP contribution is 2.26. The second-order valence-electron chi connectivity index (χ2n) is 2.50.